The van der Waals surface area contributed by atoms with E-state index in [1.807, 2.05) is 30.6 Å². The summed E-state index contributed by atoms with van der Waals surface area (Å²) in [5.41, 5.74) is 13.1. The molecule has 5 rings (SSSR count). The summed E-state index contributed by atoms with van der Waals surface area (Å²) in [5.74, 6) is 0.648. The lowest BCUT2D eigenvalue weighted by atomic mass is 10.1. The van der Waals surface area contributed by atoms with E-state index in [2.05, 4.69) is 39.2 Å². The van der Waals surface area contributed by atoms with Crippen molar-refractivity contribution in [3.63, 3.8) is 0 Å². The third-order valence-corrected chi connectivity index (χ3v) is 4.77. The monoisotopic (exact) mass is 355 g/mol. The molecule has 0 aliphatic carbocycles. The molecule has 0 amide bonds. The van der Waals surface area contributed by atoms with Gasteiger partial charge in [-0.1, -0.05) is 6.07 Å². The average molecular weight is 355 g/mol. The van der Waals surface area contributed by atoms with Crippen LogP contribution in [0.5, 0.6) is 5.75 Å². The van der Waals surface area contributed by atoms with Gasteiger partial charge in [-0.15, -0.1) is 0 Å². The molecular formula is C21H17N5O. The molecule has 0 aliphatic heterocycles. The molecule has 4 N–H and O–H groups in total. The maximum atomic E-state index is 6.04. The second-order valence-corrected chi connectivity index (χ2v) is 6.39. The van der Waals surface area contributed by atoms with Crippen LogP contribution in [0.2, 0.25) is 0 Å². The molecule has 27 heavy (non-hydrogen) atoms. The van der Waals surface area contributed by atoms with E-state index >= 15 is 0 Å². The normalized spacial score (nSPS) is 11.3. The molecule has 5 aromatic rings. The molecule has 6 heteroatoms. The minimum absolute atomic E-state index is 0.573. The van der Waals surface area contributed by atoms with Crippen molar-refractivity contribution in [3.05, 3.63) is 61.1 Å². The van der Waals surface area contributed by atoms with Crippen LogP contribution in [0.4, 0.5) is 5.69 Å². The first-order valence-corrected chi connectivity index (χ1v) is 8.58. The van der Waals surface area contributed by atoms with Gasteiger partial charge in [0.05, 0.1) is 24.7 Å². The predicted molar refractivity (Wildman–Crippen MR) is 108 cm³/mol. The van der Waals surface area contributed by atoms with Crippen LogP contribution in [0, 0.1) is 0 Å². The quantitative estimate of drug-likeness (QED) is 0.419. The molecule has 0 bridgehead atoms. The lowest BCUT2D eigenvalue weighted by molar-refractivity contribution is 0.417. The number of aromatic amines is 2. The van der Waals surface area contributed by atoms with Crippen molar-refractivity contribution >= 4 is 27.8 Å². The summed E-state index contributed by atoms with van der Waals surface area (Å²) in [6, 6.07) is 14.0. The average Bonchev–Trinajstić information content (AvgIpc) is 3.33. The van der Waals surface area contributed by atoms with E-state index < -0.39 is 0 Å². The standard InChI is InChI=1S/C21H17N5O/c1-27-19-5-3-13(9-16(19)22)18-11-25-21-20(26-18)15(10-24-21)12-2-4-17-14(8-12)6-7-23-17/h2-11,23H,22H2,1H3,(H,24,25). The number of hydrogen-bond acceptors (Lipinski definition) is 4. The molecule has 3 aromatic heterocycles. The summed E-state index contributed by atoms with van der Waals surface area (Å²) in [7, 11) is 1.60. The van der Waals surface area contributed by atoms with E-state index in [1.165, 1.54) is 0 Å². The van der Waals surface area contributed by atoms with E-state index in [-0.39, 0.29) is 0 Å². The first kappa shape index (κ1) is 15.5. The summed E-state index contributed by atoms with van der Waals surface area (Å²) in [6.45, 7) is 0. The topological polar surface area (TPSA) is 92.6 Å². The molecular weight excluding hydrogens is 338 g/mol. The number of nitrogens with one attached hydrogen (secondary N) is 2. The van der Waals surface area contributed by atoms with Crippen LogP contribution in [0.25, 0.3) is 44.5 Å². The minimum atomic E-state index is 0.573. The number of methoxy groups -OCH3 is 1. The van der Waals surface area contributed by atoms with Gasteiger partial charge in [-0.25, -0.2) is 9.97 Å². The second-order valence-electron chi connectivity index (χ2n) is 6.39. The van der Waals surface area contributed by atoms with Gasteiger partial charge in [0.1, 0.15) is 11.3 Å². The van der Waals surface area contributed by atoms with Crippen molar-refractivity contribution in [3.8, 4) is 28.1 Å². The number of nitrogens with zero attached hydrogens (tertiary/aromatic N) is 2. The Bertz CT molecular complexity index is 1280. The predicted octanol–water partition coefficient (Wildman–Crippen LogP) is 4.36. The highest BCUT2D eigenvalue weighted by atomic mass is 16.5. The van der Waals surface area contributed by atoms with Crippen molar-refractivity contribution < 1.29 is 4.74 Å². The fourth-order valence-corrected chi connectivity index (χ4v) is 3.37. The highest BCUT2D eigenvalue weighted by Gasteiger charge is 2.12. The molecule has 6 nitrogen and oxygen atoms in total. The Morgan fingerprint density at radius 3 is 2.74 bits per heavy atom. The number of anilines is 1. The number of ether oxygens (including phenoxy) is 1. The van der Waals surface area contributed by atoms with Crippen LogP contribution in [-0.4, -0.2) is 27.0 Å². The SMILES string of the molecule is COc1ccc(-c2cnc3[nH]cc(-c4ccc5[nH]ccc5c4)c3n2)cc1N. The van der Waals surface area contributed by atoms with E-state index in [1.54, 1.807) is 13.3 Å². The lowest BCUT2D eigenvalue weighted by Crippen LogP contribution is -1.94. The molecule has 0 aliphatic rings. The molecule has 0 fully saturated rings. The number of H-pyrrole nitrogens is 2. The van der Waals surface area contributed by atoms with Gasteiger partial charge in [0.2, 0.25) is 0 Å². The van der Waals surface area contributed by atoms with Crippen LogP contribution >= 0.6 is 0 Å². The maximum absolute atomic E-state index is 6.04. The molecule has 0 unspecified atom stereocenters. The maximum Gasteiger partial charge on any atom is 0.156 e. The van der Waals surface area contributed by atoms with E-state index in [0.29, 0.717) is 11.4 Å². The van der Waals surface area contributed by atoms with E-state index in [4.69, 9.17) is 15.5 Å². The molecule has 0 atom stereocenters. The Hall–Kier alpha value is -3.80. The van der Waals surface area contributed by atoms with Gasteiger partial charge in [0.15, 0.2) is 5.65 Å². The zero-order valence-electron chi connectivity index (χ0n) is 14.7. The third-order valence-electron chi connectivity index (χ3n) is 4.77. The van der Waals surface area contributed by atoms with Gasteiger partial charge in [-0.2, -0.15) is 0 Å². The fourth-order valence-electron chi connectivity index (χ4n) is 3.37. The molecule has 0 spiro atoms. The van der Waals surface area contributed by atoms with Gasteiger partial charge >= 0.3 is 0 Å². The number of aromatic nitrogens is 4. The number of rotatable bonds is 3. The van der Waals surface area contributed by atoms with Crippen LogP contribution in [0.3, 0.4) is 0 Å². The number of fused-ring (bicyclic) bond motifs is 2. The van der Waals surface area contributed by atoms with E-state index in [9.17, 15) is 0 Å². The van der Waals surface area contributed by atoms with Crippen molar-refractivity contribution in [2.75, 3.05) is 12.8 Å². The van der Waals surface area contributed by atoms with Crippen molar-refractivity contribution in [1.82, 2.24) is 19.9 Å². The fraction of sp³-hybridized carbons (Fsp3) is 0.0476. The van der Waals surface area contributed by atoms with Gasteiger partial charge in [0, 0.05) is 29.0 Å². The van der Waals surface area contributed by atoms with Crippen LogP contribution < -0.4 is 10.5 Å². The second kappa shape index (κ2) is 5.88. The minimum Gasteiger partial charge on any atom is -0.495 e. The largest absolute Gasteiger partial charge is 0.495 e. The summed E-state index contributed by atoms with van der Waals surface area (Å²) < 4.78 is 5.23. The summed E-state index contributed by atoms with van der Waals surface area (Å²) >= 11 is 0. The summed E-state index contributed by atoms with van der Waals surface area (Å²) in [4.78, 5) is 15.8. The van der Waals surface area contributed by atoms with Gasteiger partial charge in [-0.05, 0) is 47.3 Å². The van der Waals surface area contributed by atoms with Crippen molar-refractivity contribution in [2.45, 2.75) is 0 Å². The van der Waals surface area contributed by atoms with Crippen molar-refractivity contribution in [1.29, 1.82) is 0 Å². The smallest absolute Gasteiger partial charge is 0.156 e. The molecule has 0 radical (unpaired) electrons. The summed E-state index contributed by atoms with van der Waals surface area (Å²) in [5, 5.41) is 1.16. The zero-order chi connectivity index (χ0) is 18.4. The van der Waals surface area contributed by atoms with E-state index in [0.717, 1.165) is 44.5 Å². The molecule has 3 heterocycles. The first-order valence-electron chi connectivity index (χ1n) is 8.58. The van der Waals surface area contributed by atoms with Crippen LogP contribution in [0.1, 0.15) is 0 Å². The number of nitrogens with two attached hydrogens (primary N) is 1. The van der Waals surface area contributed by atoms with Gasteiger partial charge in [0.25, 0.3) is 0 Å². The zero-order valence-corrected chi connectivity index (χ0v) is 14.7. The van der Waals surface area contributed by atoms with Crippen molar-refractivity contribution in [2.24, 2.45) is 0 Å². The van der Waals surface area contributed by atoms with Gasteiger partial charge < -0.3 is 20.4 Å². The molecule has 132 valence electrons. The number of nitrogen functional groups attached to an aromatic ring is 1. The number of hydrogen-bond donors (Lipinski definition) is 3. The number of benzene rings is 2. The highest BCUT2D eigenvalue weighted by molar-refractivity contribution is 5.94. The van der Waals surface area contributed by atoms with Crippen LogP contribution in [-0.2, 0) is 0 Å². The Morgan fingerprint density at radius 2 is 1.89 bits per heavy atom. The Balaban J connectivity index is 1.65. The van der Waals surface area contributed by atoms with Crippen LogP contribution in [0.15, 0.2) is 61.1 Å². The molecule has 0 saturated heterocycles. The first-order chi connectivity index (χ1) is 13.2. The summed E-state index contributed by atoms with van der Waals surface area (Å²) in [6.07, 6.45) is 5.64. The Kier molecular flexibility index (Phi) is 3.36. The molecule has 0 saturated carbocycles. The molecule has 2 aromatic carbocycles. The Morgan fingerprint density at radius 1 is 1.00 bits per heavy atom. The highest BCUT2D eigenvalue weighted by Crippen LogP contribution is 2.32. The Labute approximate surface area is 155 Å². The third kappa shape index (κ3) is 2.50. The lowest BCUT2D eigenvalue weighted by Gasteiger charge is -2.07. The van der Waals surface area contributed by atoms with Gasteiger partial charge in [-0.3, -0.25) is 0 Å².